The highest BCUT2D eigenvalue weighted by Gasteiger charge is 2.38. The van der Waals surface area contributed by atoms with Gasteiger partial charge in [0.15, 0.2) is 0 Å². The molecule has 0 bridgehead atoms. The van der Waals surface area contributed by atoms with Crippen molar-refractivity contribution in [2.75, 3.05) is 13.1 Å². The first-order chi connectivity index (χ1) is 9.43. The average molecular weight is 275 g/mol. The van der Waals surface area contributed by atoms with Crippen molar-refractivity contribution < 1.29 is 4.79 Å². The fourth-order valence-electron chi connectivity index (χ4n) is 2.46. The van der Waals surface area contributed by atoms with Crippen molar-refractivity contribution >= 4 is 5.91 Å². The van der Waals surface area contributed by atoms with Crippen LogP contribution in [0.5, 0.6) is 0 Å². The van der Waals surface area contributed by atoms with Crippen LogP contribution in [-0.4, -0.2) is 29.9 Å². The second-order valence-electron chi connectivity index (χ2n) is 6.17. The Balaban J connectivity index is 2.20. The molecule has 1 amide bonds. The maximum atomic E-state index is 12.0. The minimum Gasteiger partial charge on any atom is -0.368 e. The van der Waals surface area contributed by atoms with Crippen LogP contribution in [0.3, 0.4) is 0 Å². The van der Waals surface area contributed by atoms with Crippen LogP contribution in [0, 0.1) is 5.92 Å². The van der Waals surface area contributed by atoms with Crippen molar-refractivity contribution in [1.82, 2.24) is 4.90 Å². The first-order valence-electron chi connectivity index (χ1n) is 7.32. The van der Waals surface area contributed by atoms with Gasteiger partial charge in [0.1, 0.15) is 5.54 Å². The molecule has 1 unspecified atom stereocenters. The predicted molar refractivity (Wildman–Crippen MR) is 80.9 cm³/mol. The number of hydrogen-bond donors (Lipinski definition) is 2. The van der Waals surface area contributed by atoms with Gasteiger partial charge in [-0.25, -0.2) is 0 Å². The molecule has 1 fully saturated rings. The summed E-state index contributed by atoms with van der Waals surface area (Å²) in [4.78, 5) is 14.2. The third-order valence-corrected chi connectivity index (χ3v) is 4.10. The van der Waals surface area contributed by atoms with Gasteiger partial charge in [0, 0.05) is 19.1 Å². The molecule has 0 aliphatic heterocycles. The summed E-state index contributed by atoms with van der Waals surface area (Å²) >= 11 is 0. The number of carbonyl (C=O) groups is 1. The zero-order chi connectivity index (χ0) is 14.8. The fraction of sp³-hybridized carbons (Fsp3) is 0.562. The molecule has 1 aromatic carbocycles. The number of primary amides is 1. The monoisotopic (exact) mass is 275 g/mol. The van der Waals surface area contributed by atoms with Crippen molar-refractivity contribution in [3.8, 4) is 0 Å². The maximum absolute atomic E-state index is 12.0. The Morgan fingerprint density at radius 1 is 1.35 bits per heavy atom. The van der Waals surface area contributed by atoms with Crippen molar-refractivity contribution in [3.63, 3.8) is 0 Å². The minimum atomic E-state index is -1.12. The number of carbonyl (C=O) groups excluding carboxylic acids is 1. The van der Waals surface area contributed by atoms with Gasteiger partial charge in [-0.05, 0) is 38.2 Å². The summed E-state index contributed by atoms with van der Waals surface area (Å²) in [7, 11) is 0. The molecule has 20 heavy (non-hydrogen) atoms. The standard InChI is InChI=1S/C16H25N3O/c1-12(2)19(10-13-8-9-13)11-16(18,15(17)20)14-6-4-3-5-7-14/h3-7,12-13H,8-11,18H2,1-2H3,(H2,17,20). The van der Waals surface area contributed by atoms with E-state index in [4.69, 9.17) is 11.5 Å². The zero-order valence-corrected chi connectivity index (χ0v) is 12.4. The molecular formula is C16H25N3O. The van der Waals surface area contributed by atoms with E-state index in [2.05, 4.69) is 18.7 Å². The highest BCUT2D eigenvalue weighted by molar-refractivity contribution is 5.86. The van der Waals surface area contributed by atoms with Crippen LogP contribution in [0.25, 0.3) is 0 Å². The van der Waals surface area contributed by atoms with E-state index in [0.717, 1.165) is 18.0 Å². The first-order valence-corrected chi connectivity index (χ1v) is 7.32. The van der Waals surface area contributed by atoms with Gasteiger partial charge >= 0.3 is 0 Å². The van der Waals surface area contributed by atoms with E-state index in [0.29, 0.717) is 12.6 Å². The van der Waals surface area contributed by atoms with Gasteiger partial charge in [-0.15, -0.1) is 0 Å². The molecule has 0 heterocycles. The van der Waals surface area contributed by atoms with Crippen LogP contribution in [-0.2, 0) is 10.3 Å². The third-order valence-electron chi connectivity index (χ3n) is 4.10. The lowest BCUT2D eigenvalue weighted by Crippen LogP contribution is -2.57. The molecule has 4 heteroatoms. The first kappa shape index (κ1) is 15.0. The van der Waals surface area contributed by atoms with Crippen molar-refractivity contribution in [3.05, 3.63) is 35.9 Å². The summed E-state index contributed by atoms with van der Waals surface area (Å²) in [6, 6.07) is 9.79. The molecule has 1 aliphatic rings. The Bertz CT molecular complexity index is 456. The molecule has 1 atom stereocenters. The molecule has 0 saturated heterocycles. The second-order valence-corrected chi connectivity index (χ2v) is 6.17. The molecule has 1 saturated carbocycles. The Morgan fingerprint density at radius 3 is 2.40 bits per heavy atom. The third kappa shape index (κ3) is 3.38. The molecule has 0 radical (unpaired) electrons. The summed E-state index contributed by atoms with van der Waals surface area (Å²) in [5, 5.41) is 0. The Morgan fingerprint density at radius 2 is 1.95 bits per heavy atom. The number of hydrogen-bond acceptors (Lipinski definition) is 3. The van der Waals surface area contributed by atoms with Gasteiger partial charge < -0.3 is 11.5 Å². The topological polar surface area (TPSA) is 72.3 Å². The SMILES string of the molecule is CC(C)N(CC1CC1)CC(N)(C(N)=O)c1ccccc1. The summed E-state index contributed by atoms with van der Waals surface area (Å²) in [5.74, 6) is 0.287. The van der Waals surface area contributed by atoms with E-state index >= 15 is 0 Å². The van der Waals surface area contributed by atoms with Crippen LogP contribution >= 0.6 is 0 Å². The molecule has 2 rings (SSSR count). The van der Waals surface area contributed by atoms with Gasteiger partial charge in [0.05, 0.1) is 0 Å². The predicted octanol–water partition coefficient (Wildman–Crippen LogP) is 1.45. The van der Waals surface area contributed by atoms with E-state index in [9.17, 15) is 4.79 Å². The van der Waals surface area contributed by atoms with E-state index in [1.807, 2.05) is 30.3 Å². The summed E-state index contributed by atoms with van der Waals surface area (Å²) in [6.45, 7) is 5.74. The average Bonchev–Trinajstić information content (AvgIpc) is 3.22. The lowest BCUT2D eigenvalue weighted by molar-refractivity contribution is -0.124. The van der Waals surface area contributed by atoms with Crippen molar-refractivity contribution in [2.45, 2.75) is 38.3 Å². The van der Waals surface area contributed by atoms with Gasteiger partial charge in [0.25, 0.3) is 0 Å². The number of benzene rings is 1. The second kappa shape index (κ2) is 5.94. The fourth-order valence-corrected chi connectivity index (χ4v) is 2.46. The Hall–Kier alpha value is -1.39. The lowest BCUT2D eigenvalue weighted by atomic mass is 9.89. The molecule has 4 nitrogen and oxygen atoms in total. The molecule has 0 spiro atoms. The summed E-state index contributed by atoms with van der Waals surface area (Å²) in [6.07, 6.45) is 2.56. The van der Waals surface area contributed by atoms with E-state index in [-0.39, 0.29) is 0 Å². The summed E-state index contributed by atoms with van der Waals surface area (Å²) in [5.41, 5.74) is 11.6. The molecule has 110 valence electrons. The molecule has 1 aliphatic carbocycles. The number of nitrogens with two attached hydrogens (primary N) is 2. The van der Waals surface area contributed by atoms with Gasteiger partial charge in [-0.3, -0.25) is 9.69 Å². The maximum Gasteiger partial charge on any atom is 0.243 e. The smallest absolute Gasteiger partial charge is 0.243 e. The highest BCUT2D eigenvalue weighted by Crippen LogP contribution is 2.31. The van der Waals surface area contributed by atoms with Crippen LogP contribution < -0.4 is 11.5 Å². The zero-order valence-electron chi connectivity index (χ0n) is 12.4. The molecule has 4 N–H and O–H groups in total. The molecule has 0 aromatic heterocycles. The van der Waals surface area contributed by atoms with Crippen molar-refractivity contribution in [2.24, 2.45) is 17.4 Å². The van der Waals surface area contributed by atoms with Gasteiger partial charge in [-0.2, -0.15) is 0 Å². The van der Waals surface area contributed by atoms with Crippen LogP contribution in [0.2, 0.25) is 0 Å². The van der Waals surface area contributed by atoms with E-state index in [1.165, 1.54) is 12.8 Å². The van der Waals surface area contributed by atoms with Gasteiger partial charge in [-0.1, -0.05) is 30.3 Å². The quantitative estimate of drug-likeness (QED) is 0.791. The Kier molecular flexibility index (Phi) is 4.45. The largest absolute Gasteiger partial charge is 0.368 e. The number of nitrogens with zero attached hydrogens (tertiary/aromatic N) is 1. The number of amides is 1. The molecular weight excluding hydrogens is 250 g/mol. The normalized spacial score (nSPS) is 18.2. The van der Waals surface area contributed by atoms with Crippen LogP contribution in [0.15, 0.2) is 30.3 Å². The summed E-state index contributed by atoms with van der Waals surface area (Å²) < 4.78 is 0. The highest BCUT2D eigenvalue weighted by atomic mass is 16.1. The van der Waals surface area contributed by atoms with E-state index in [1.54, 1.807) is 0 Å². The van der Waals surface area contributed by atoms with Crippen molar-refractivity contribution in [1.29, 1.82) is 0 Å². The van der Waals surface area contributed by atoms with E-state index < -0.39 is 11.4 Å². The van der Waals surface area contributed by atoms with Crippen LogP contribution in [0.1, 0.15) is 32.3 Å². The minimum absolute atomic E-state index is 0.349. The Labute approximate surface area is 121 Å². The lowest BCUT2D eigenvalue weighted by Gasteiger charge is -2.35. The van der Waals surface area contributed by atoms with Crippen LogP contribution in [0.4, 0.5) is 0 Å². The van der Waals surface area contributed by atoms with Gasteiger partial charge in [0.2, 0.25) is 5.91 Å². The molecule has 1 aromatic rings. The number of rotatable bonds is 7.